The molecule has 0 amide bonds. The van der Waals surface area contributed by atoms with E-state index in [-0.39, 0.29) is 0 Å². The summed E-state index contributed by atoms with van der Waals surface area (Å²) < 4.78 is 18.2. The molecule has 0 heterocycles. The Hall–Kier alpha value is -1.19. The van der Waals surface area contributed by atoms with E-state index in [2.05, 4.69) is 32.0 Å². The van der Waals surface area contributed by atoms with Crippen LogP contribution in [0.3, 0.4) is 0 Å². The molecule has 1 atom stereocenters. The maximum Gasteiger partial charge on any atom is 0.190 e. The molecule has 114 valence electrons. The molecular formula is C18H24O2S. The Kier molecular flexibility index (Phi) is 6.40. The van der Waals surface area contributed by atoms with Gasteiger partial charge in [-0.2, -0.15) is 0 Å². The molecule has 2 aromatic rings. The van der Waals surface area contributed by atoms with Crippen LogP contribution < -0.4 is 0 Å². The highest BCUT2D eigenvalue weighted by Gasteiger charge is 2.14. The van der Waals surface area contributed by atoms with Crippen molar-refractivity contribution in [1.29, 1.82) is 0 Å². The first kappa shape index (κ1) is 16.2. The van der Waals surface area contributed by atoms with E-state index in [9.17, 15) is 4.21 Å². The van der Waals surface area contributed by atoms with Crippen LogP contribution in [0.1, 0.15) is 45.1 Å². The van der Waals surface area contributed by atoms with Gasteiger partial charge in [-0.1, -0.05) is 63.1 Å². The highest BCUT2D eigenvalue weighted by molar-refractivity contribution is 7.80. The average Bonchev–Trinajstić information content (AvgIpc) is 2.52. The molecule has 0 N–H and O–H groups in total. The van der Waals surface area contributed by atoms with E-state index < -0.39 is 11.1 Å². The van der Waals surface area contributed by atoms with E-state index >= 15 is 0 Å². The molecule has 0 aliphatic heterocycles. The largest absolute Gasteiger partial charge is 0.287 e. The van der Waals surface area contributed by atoms with Gasteiger partial charge in [0.15, 0.2) is 11.1 Å². The van der Waals surface area contributed by atoms with Gasteiger partial charge in [0.1, 0.15) is 0 Å². The normalized spacial score (nSPS) is 12.7. The summed E-state index contributed by atoms with van der Waals surface area (Å²) in [6, 6.07) is 12.3. The van der Waals surface area contributed by atoms with Gasteiger partial charge < -0.3 is 0 Å². The van der Waals surface area contributed by atoms with Crippen molar-refractivity contribution in [3.63, 3.8) is 0 Å². The monoisotopic (exact) mass is 304 g/mol. The lowest BCUT2D eigenvalue weighted by molar-refractivity contribution is 0.338. The molecule has 0 spiro atoms. The van der Waals surface area contributed by atoms with Gasteiger partial charge in [0.25, 0.3) is 0 Å². The lowest BCUT2D eigenvalue weighted by atomic mass is 10.0. The molecule has 0 saturated carbocycles. The maximum absolute atomic E-state index is 12.6. The summed E-state index contributed by atoms with van der Waals surface area (Å²) in [7, 11) is 0. The molecule has 21 heavy (non-hydrogen) atoms. The third-order valence-electron chi connectivity index (χ3n) is 3.62. The van der Waals surface area contributed by atoms with Crippen molar-refractivity contribution < 1.29 is 8.39 Å². The van der Waals surface area contributed by atoms with Gasteiger partial charge in [0, 0.05) is 5.39 Å². The van der Waals surface area contributed by atoms with Crippen LogP contribution >= 0.6 is 0 Å². The van der Waals surface area contributed by atoms with Crippen LogP contribution in [0.2, 0.25) is 0 Å². The van der Waals surface area contributed by atoms with Gasteiger partial charge in [-0.05, 0) is 30.2 Å². The van der Waals surface area contributed by atoms with Crippen molar-refractivity contribution in [3.05, 3.63) is 42.0 Å². The molecular weight excluding hydrogens is 280 g/mol. The summed E-state index contributed by atoms with van der Waals surface area (Å²) in [5.74, 6) is 0. The van der Waals surface area contributed by atoms with E-state index in [1.54, 1.807) is 0 Å². The quantitative estimate of drug-likeness (QED) is 0.640. The van der Waals surface area contributed by atoms with Crippen LogP contribution in [-0.4, -0.2) is 10.8 Å². The van der Waals surface area contributed by atoms with Gasteiger partial charge in [0.05, 0.1) is 11.5 Å². The second kappa shape index (κ2) is 8.30. The third-order valence-corrected chi connectivity index (χ3v) is 4.81. The molecule has 2 rings (SSSR count). The van der Waals surface area contributed by atoms with E-state index in [0.29, 0.717) is 6.61 Å². The number of aryl methyl sites for hydroxylation is 1. The molecule has 1 unspecified atom stereocenters. The van der Waals surface area contributed by atoms with Crippen molar-refractivity contribution in [1.82, 2.24) is 0 Å². The van der Waals surface area contributed by atoms with E-state index in [1.165, 1.54) is 0 Å². The van der Waals surface area contributed by atoms with Crippen LogP contribution in [0.4, 0.5) is 0 Å². The topological polar surface area (TPSA) is 26.3 Å². The Morgan fingerprint density at radius 3 is 2.52 bits per heavy atom. The lowest BCUT2D eigenvalue weighted by Crippen LogP contribution is -2.04. The van der Waals surface area contributed by atoms with Crippen molar-refractivity contribution >= 4 is 21.9 Å². The van der Waals surface area contributed by atoms with Gasteiger partial charge in [0.2, 0.25) is 0 Å². The third kappa shape index (κ3) is 4.14. The second-order valence-electron chi connectivity index (χ2n) is 5.29. The van der Waals surface area contributed by atoms with E-state index in [4.69, 9.17) is 4.18 Å². The zero-order valence-electron chi connectivity index (χ0n) is 12.9. The van der Waals surface area contributed by atoms with Gasteiger partial charge in [-0.25, -0.2) is 4.21 Å². The van der Waals surface area contributed by atoms with E-state index in [1.807, 2.05) is 18.2 Å². The van der Waals surface area contributed by atoms with Crippen LogP contribution in [-0.2, 0) is 21.7 Å². The van der Waals surface area contributed by atoms with Crippen molar-refractivity contribution in [3.8, 4) is 0 Å². The summed E-state index contributed by atoms with van der Waals surface area (Å²) in [6.07, 6.45) is 5.20. The predicted molar refractivity (Wildman–Crippen MR) is 89.8 cm³/mol. The summed E-state index contributed by atoms with van der Waals surface area (Å²) in [5.41, 5.74) is 1.16. The zero-order chi connectivity index (χ0) is 15.1. The fourth-order valence-corrected chi connectivity index (χ4v) is 3.52. The summed E-state index contributed by atoms with van der Waals surface area (Å²) >= 11 is -1.37. The molecule has 2 aromatic carbocycles. The molecule has 0 fully saturated rings. The second-order valence-corrected chi connectivity index (χ2v) is 6.40. The number of hydrogen-bond donors (Lipinski definition) is 0. The lowest BCUT2D eigenvalue weighted by Gasteiger charge is -2.12. The van der Waals surface area contributed by atoms with E-state index in [0.717, 1.165) is 53.3 Å². The van der Waals surface area contributed by atoms with Crippen molar-refractivity contribution in [2.75, 3.05) is 6.61 Å². The Labute approximate surface area is 130 Å². The number of unbranched alkanes of at least 4 members (excludes halogenated alkanes) is 2. The van der Waals surface area contributed by atoms with Crippen LogP contribution in [0, 0.1) is 0 Å². The predicted octanol–water partition coefficient (Wildman–Crippen LogP) is 5.02. The Balaban J connectivity index is 2.37. The Morgan fingerprint density at radius 2 is 1.76 bits per heavy atom. The first-order valence-electron chi connectivity index (χ1n) is 7.83. The summed E-state index contributed by atoms with van der Waals surface area (Å²) in [5, 5.41) is 2.18. The van der Waals surface area contributed by atoms with Gasteiger partial charge >= 0.3 is 0 Å². The SMILES string of the molecule is CCCCOS(=O)c1c(CCCC)ccc2ccccc12. The standard InChI is InChI=1S/C18H24O2S/c1-3-5-9-16-13-12-15-10-7-8-11-17(15)18(16)21(19)20-14-6-4-2/h7-8,10-13H,3-6,9,14H2,1-2H3. The number of rotatable bonds is 8. The number of hydrogen-bond acceptors (Lipinski definition) is 2. The molecule has 3 heteroatoms. The minimum absolute atomic E-state index is 0.555. The molecule has 0 saturated heterocycles. The van der Waals surface area contributed by atoms with Gasteiger partial charge in [-0.3, -0.25) is 4.18 Å². The minimum atomic E-state index is -1.37. The highest BCUT2D eigenvalue weighted by atomic mass is 32.2. The van der Waals surface area contributed by atoms with Crippen molar-refractivity contribution in [2.24, 2.45) is 0 Å². The Morgan fingerprint density at radius 1 is 1.00 bits per heavy atom. The molecule has 2 nitrogen and oxygen atoms in total. The minimum Gasteiger partial charge on any atom is -0.287 e. The molecule has 0 aliphatic rings. The van der Waals surface area contributed by atoms with Gasteiger partial charge in [-0.15, -0.1) is 0 Å². The first-order chi connectivity index (χ1) is 10.3. The average molecular weight is 304 g/mol. The highest BCUT2D eigenvalue weighted by Crippen LogP contribution is 2.27. The fraction of sp³-hybridized carbons (Fsp3) is 0.444. The molecule has 0 aromatic heterocycles. The maximum atomic E-state index is 12.6. The molecule has 0 radical (unpaired) electrons. The molecule has 0 bridgehead atoms. The van der Waals surface area contributed by atoms with Crippen LogP contribution in [0.5, 0.6) is 0 Å². The molecule has 0 aliphatic carbocycles. The number of fused-ring (bicyclic) bond motifs is 1. The Bertz CT molecular complexity index is 607. The van der Waals surface area contributed by atoms with Crippen molar-refractivity contribution in [2.45, 2.75) is 50.8 Å². The smallest absolute Gasteiger partial charge is 0.190 e. The summed E-state index contributed by atoms with van der Waals surface area (Å²) in [6.45, 7) is 4.84. The zero-order valence-corrected chi connectivity index (χ0v) is 13.7. The number of benzene rings is 2. The summed E-state index contributed by atoms with van der Waals surface area (Å²) in [4.78, 5) is 0.873. The first-order valence-corrected chi connectivity index (χ1v) is 8.91. The van der Waals surface area contributed by atoms with Crippen LogP contribution in [0.25, 0.3) is 10.8 Å². The fourth-order valence-electron chi connectivity index (χ4n) is 2.39. The van der Waals surface area contributed by atoms with Crippen LogP contribution in [0.15, 0.2) is 41.3 Å².